The number of nitrogens with one attached hydrogen (secondary N) is 2. The quantitative estimate of drug-likeness (QED) is 0.163. The molecule has 7 heteroatoms. The summed E-state index contributed by atoms with van der Waals surface area (Å²) in [6.45, 7) is 32.7. The molecule has 0 aliphatic heterocycles. The van der Waals surface area contributed by atoms with Crippen LogP contribution >= 0.6 is 0 Å². The Hall–Kier alpha value is -1.38. The van der Waals surface area contributed by atoms with Gasteiger partial charge in [0.25, 0.3) is 0 Å². The van der Waals surface area contributed by atoms with Crippen LogP contribution in [0.1, 0.15) is 171 Å². The van der Waals surface area contributed by atoms with Crippen molar-refractivity contribution in [3.63, 3.8) is 0 Å². The zero-order valence-corrected chi connectivity index (χ0v) is 36.7. The normalized spacial score (nSPS) is 11.4. The molecule has 1 radical (unpaired) electrons. The first-order valence-corrected chi connectivity index (χ1v) is 18.2. The van der Waals surface area contributed by atoms with Crippen LogP contribution in [-0.2, 0) is 23.3 Å². The second kappa shape index (κ2) is 23.2. The molecular weight excluding hydrogens is 779 g/mol. The molecule has 4 nitrogen and oxygen atoms in total. The van der Waals surface area contributed by atoms with Crippen LogP contribution in [0.3, 0.4) is 0 Å². The van der Waals surface area contributed by atoms with Gasteiger partial charge in [-0.05, 0) is 93.9 Å². The van der Waals surface area contributed by atoms with Crippen molar-refractivity contribution in [1.82, 2.24) is 9.88 Å². The molecule has 49 heavy (non-hydrogen) atoms. The third kappa shape index (κ3) is 14.3. The summed E-state index contributed by atoms with van der Waals surface area (Å²) in [5, 5.41) is 7.82. The third-order valence-corrected chi connectivity index (χ3v) is 9.28. The van der Waals surface area contributed by atoms with E-state index in [1.54, 1.807) is 0 Å². The van der Waals surface area contributed by atoms with Crippen LogP contribution in [0.5, 0.6) is 0 Å². The van der Waals surface area contributed by atoms with E-state index in [1.807, 2.05) is 12.3 Å². The summed E-state index contributed by atoms with van der Waals surface area (Å²) < 4.78 is 0. The van der Waals surface area contributed by atoms with Crippen LogP contribution in [0.25, 0.3) is 0 Å². The van der Waals surface area contributed by atoms with Gasteiger partial charge in [0.1, 0.15) is 0 Å². The Morgan fingerprint density at radius 1 is 0.551 bits per heavy atom. The minimum Gasteiger partial charge on any atom is -1.00 e. The Kier molecular flexibility index (Phi) is 22.6. The fraction of sp³-hybridized carbons (Fsp3) is 0.595. The summed E-state index contributed by atoms with van der Waals surface area (Å²) in [4.78, 5) is 7.26. The molecule has 3 aromatic rings. The number of rotatable bonds is 18. The van der Waals surface area contributed by atoms with Gasteiger partial charge in [-0.1, -0.05) is 113 Å². The average molecular weight is 846 g/mol. The van der Waals surface area contributed by atoms with Gasteiger partial charge in [0.05, 0.1) is 5.69 Å². The molecule has 0 spiro atoms. The number of anilines is 2. The van der Waals surface area contributed by atoms with Gasteiger partial charge in [-0.3, -0.25) is 9.88 Å². The minimum absolute atomic E-state index is 0. The maximum atomic E-state index is 4.67. The van der Waals surface area contributed by atoms with E-state index >= 15 is 0 Å². The maximum Gasteiger partial charge on any atom is 2.00 e. The molecule has 1 heterocycles. The number of benzene rings is 2. The van der Waals surface area contributed by atoms with Gasteiger partial charge in [-0.2, -0.15) is 0 Å². The van der Waals surface area contributed by atoms with E-state index in [0.717, 1.165) is 51.3 Å². The van der Waals surface area contributed by atoms with Crippen molar-refractivity contribution >= 4 is 11.4 Å². The molecule has 0 aliphatic rings. The van der Waals surface area contributed by atoms with E-state index in [0.29, 0.717) is 35.5 Å². The zero-order valence-electron chi connectivity index (χ0n) is 32.5. The summed E-state index contributed by atoms with van der Waals surface area (Å²) in [6, 6.07) is 16.0. The second-order valence-electron chi connectivity index (χ2n) is 15.2. The standard InChI is InChI=1S/C42H66N4.2BrH.Co/c1-28(2)34-23-37(30(5)6)41(38(24-34)31(7)8)44-19-15-21-46(27-36-17-13-14-18-43-36)22-16-20-45-42-39(32(9)10)25-35(29(3)4)26-40(42)33(11)12;;;/h13-14,17-18,23-26,28-33,44-45H,15-16,19-22,27H2,1-12H3;2*1H;/q;;;+2/p-2. The number of hydrogen-bond acceptors (Lipinski definition) is 4. The molecule has 2 aromatic carbocycles. The van der Waals surface area contributed by atoms with E-state index in [4.69, 9.17) is 0 Å². The van der Waals surface area contributed by atoms with Gasteiger partial charge < -0.3 is 44.6 Å². The van der Waals surface area contributed by atoms with Crippen LogP contribution in [0.2, 0.25) is 0 Å². The van der Waals surface area contributed by atoms with E-state index < -0.39 is 0 Å². The monoisotopic (exact) mass is 843 g/mol. The Balaban J connectivity index is 0.00000768. The van der Waals surface area contributed by atoms with Crippen molar-refractivity contribution in [2.24, 2.45) is 0 Å². The molecule has 0 fully saturated rings. The Labute approximate surface area is 332 Å². The molecule has 0 aliphatic carbocycles. The fourth-order valence-electron chi connectivity index (χ4n) is 6.34. The summed E-state index contributed by atoms with van der Waals surface area (Å²) >= 11 is 0. The third-order valence-electron chi connectivity index (χ3n) is 9.28. The predicted octanol–water partition coefficient (Wildman–Crippen LogP) is 5.63. The molecule has 0 unspecified atom stereocenters. The van der Waals surface area contributed by atoms with E-state index in [1.165, 1.54) is 44.8 Å². The van der Waals surface area contributed by atoms with Crippen molar-refractivity contribution in [2.45, 2.75) is 138 Å². The van der Waals surface area contributed by atoms with E-state index in [9.17, 15) is 0 Å². The Morgan fingerprint density at radius 3 is 1.20 bits per heavy atom. The van der Waals surface area contributed by atoms with Gasteiger partial charge in [-0.15, -0.1) is 0 Å². The van der Waals surface area contributed by atoms with Crippen LogP contribution in [-0.4, -0.2) is 36.1 Å². The molecule has 0 atom stereocenters. The van der Waals surface area contributed by atoms with Gasteiger partial charge in [-0.25, -0.2) is 0 Å². The SMILES string of the molecule is CC(C)c1cc(C(C)C)c(NCCCN(CCCNc2c(C(C)C)cc(C(C)C)cc2C(C)C)Cc2ccccn2)c(C(C)C)c1.[Br-].[Br-].[Co+2]. The molecular formula is C42H66Br2CoN4. The first-order chi connectivity index (χ1) is 21.8. The van der Waals surface area contributed by atoms with Gasteiger partial charge >= 0.3 is 16.8 Å². The molecule has 0 bridgehead atoms. The summed E-state index contributed by atoms with van der Waals surface area (Å²) in [7, 11) is 0. The molecule has 0 amide bonds. The van der Waals surface area contributed by atoms with Crippen LogP contribution in [0.4, 0.5) is 11.4 Å². The van der Waals surface area contributed by atoms with Gasteiger partial charge in [0.2, 0.25) is 0 Å². The van der Waals surface area contributed by atoms with Crippen molar-refractivity contribution in [3.05, 3.63) is 87.7 Å². The zero-order chi connectivity index (χ0) is 34.0. The molecule has 277 valence electrons. The summed E-state index contributed by atoms with van der Waals surface area (Å²) in [5.41, 5.74) is 12.6. The first-order valence-electron chi connectivity index (χ1n) is 18.2. The number of pyridine rings is 1. The van der Waals surface area contributed by atoms with Gasteiger partial charge in [0, 0.05) is 50.3 Å². The maximum absolute atomic E-state index is 4.67. The number of halogens is 2. The number of hydrogen-bond donors (Lipinski definition) is 2. The molecule has 3 rings (SSSR count). The van der Waals surface area contributed by atoms with Crippen LogP contribution in [0, 0.1) is 0 Å². The van der Waals surface area contributed by atoms with E-state index in [-0.39, 0.29) is 50.7 Å². The average Bonchev–Trinajstić information content (AvgIpc) is 3.00. The molecule has 0 saturated heterocycles. The van der Waals surface area contributed by atoms with Crippen molar-refractivity contribution in [3.8, 4) is 0 Å². The largest absolute Gasteiger partial charge is 2.00 e. The molecule has 1 aromatic heterocycles. The first kappa shape index (κ1) is 47.6. The Bertz CT molecular complexity index is 1210. The molecule has 0 saturated carbocycles. The number of nitrogens with zero attached hydrogens (tertiary/aromatic N) is 2. The van der Waals surface area contributed by atoms with Crippen molar-refractivity contribution in [2.75, 3.05) is 36.8 Å². The van der Waals surface area contributed by atoms with Gasteiger partial charge in [0.15, 0.2) is 0 Å². The topological polar surface area (TPSA) is 40.2 Å². The summed E-state index contributed by atoms with van der Waals surface area (Å²) in [6.07, 6.45) is 4.10. The smallest absolute Gasteiger partial charge is 1.00 e. The van der Waals surface area contributed by atoms with Crippen molar-refractivity contribution in [1.29, 1.82) is 0 Å². The molecule has 2 N–H and O–H groups in total. The van der Waals surface area contributed by atoms with Crippen molar-refractivity contribution < 1.29 is 50.7 Å². The van der Waals surface area contributed by atoms with E-state index in [2.05, 4.69) is 140 Å². The minimum atomic E-state index is 0. The van der Waals surface area contributed by atoms with Crippen LogP contribution < -0.4 is 44.6 Å². The Morgan fingerprint density at radius 2 is 0.918 bits per heavy atom. The predicted molar refractivity (Wildman–Crippen MR) is 203 cm³/mol. The summed E-state index contributed by atoms with van der Waals surface area (Å²) in [5.74, 6) is 3.02. The second-order valence-corrected chi connectivity index (χ2v) is 15.2. The number of aromatic nitrogens is 1. The fourth-order valence-corrected chi connectivity index (χ4v) is 6.34. The van der Waals surface area contributed by atoms with Crippen LogP contribution in [0.15, 0.2) is 48.7 Å².